The number of hydrogen-bond donors (Lipinski definition) is 1. The minimum Gasteiger partial charge on any atom is -0.497 e. The zero-order valence-electron chi connectivity index (χ0n) is 23.3. The number of rotatable bonds is 9. The Morgan fingerprint density at radius 1 is 1.20 bits per heavy atom. The molecule has 10 heteroatoms. The summed E-state index contributed by atoms with van der Waals surface area (Å²) in [4.78, 5) is 20.1. The summed E-state index contributed by atoms with van der Waals surface area (Å²) < 4.78 is 62.2. The summed E-state index contributed by atoms with van der Waals surface area (Å²) in [7, 11) is 5.19. The summed E-state index contributed by atoms with van der Waals surface area (Å²) in [5, 5.41) is 10.3. The maximum atomic E-state index is 16.1. The van der Waals surface area contributed by atoms with Crippen molar-refractivity contribution < 1.29 is 32.2 Å². The summed E-state index contributed by atoms with van der Waals surface area (Å²) in [5.74, 6) is 1.48. The van der Waals surface area contributed by atoms with Gasteiger partial charge in [-0.25, -0.2) is 17.6 Å². The third kappa shape index (κ3) is 7.09. The van der Waals surface area contributed by atoms with Gasteiger partial charge in [0.2, 0.25) is 0 Å². The largest absolute Gasteiger partial charge is 0.497 e. The fourth-order valence-electron chi connectivity index (χ4n) is 5.49. The highest BCUT2D eigenvalue weighted by atomic mass is 19.2. The van der Waals surface area contributed by atoms with Crippen LogP contribution in [-0.4, -0.2) is 61.8 Å². The van der Waals surface area contributed by atoms with Crippen molar-refractivity contribution in [1.29, 1.82) is 0 Å². The van der Waals surface area contributed by atoms with E-state index in [-0.39, 0.29) is 24.9 Å². The van der Waals surface area contributed by atoms with Crippen molar-refractivity contribution in [2.24, 2.45) is 5.41 Å². The Labute approximate surface area is 236 Å². The van der Waals surface area contributed by atoms with Crippen LogP contribution in [0.3, 0.4) is 0 Å². The molecular weight excluding hydrogens is 538 g/mol. The molecule has 4 rings (SSSR count). The second-order valence-electron chi connectivity index (χ2n) is 10.7. The zero-order chi connectivity index (χ0) is 29.7. The zero-order valence-corrected chi connectivity index (χ0v) is 23.3. The van der Waals surface area contributed by atoms with Crippen molar-refractivity contribution in [2.75, 3.05) is 45.7 Å². The molecule has 0 saturated carbocycles. The van der Waals surface area contributed by atoms with E-state index in [0.29, 0.717) is 66.3 Å². The van der Waals surface area contributed by atoms with Crippen molar-refractivity contribution in [3.8, 4) is 17.6 Å². The average molecular weight is 572 g/mol. The molecule has 218 valence electrons. The molecule has 2 heterocycles. The molecule has 3 aromatic rings. The predicted molar refractivity (Wildman–Crippen MR) is 149 cm³/mol. The maximum absolute atomic E-state index is 16.1. The fraction of sp³-hybridized carbons (Fsp3) is 0.419. The third-order valence-electron chi connectivity index (χ3n) is 7.78. The molecule has 1 fully saturated rings. The summed E-state index contributed by atoms with van der Waals surface area (Å²) in [6.07, 6.45) is 1.74. The third-order valence-corrected chi connectivity index (χ3v) is 7.78. The van der Waals surface area contributed by atoms with Gasteiger partial charge in [0.15, 0.2) is 11.6 Å². The molecule has 1 aliphatic heterocycles. The number of alkyl halides is 1. The number of ether oxygens (including phenoxy) is 1. The Morgan fingerprint density at radius 3 is 2.59 bits per heavy atom. The van der Waals surface area contributed by atoms with Gasteiger partial charge in [0.05, 0.1) is 43.0 Å². The quantitative estimate of drug-likeness (QED) is 0.190. The van der Waals surface area contributed by atoms with Crippen LogP contribution in [-0.2, 0) is 4.79 Å². The Morgan fingerprint density at radius 2 is 1.93 bits per heavy atom. The van der Waals surface area contributed by atoms with E-state index in [9.17, 15) is 23.1 Å². The van der Waals surface area contributed by atoms with E-state index in [0.717, 1.165) is 6.07 Å². The Hall–Kier alpha value is -3.84. The van der Waals surface area contributed by atoms with Gasteiger partial charge in [-0.3, -0.25) is 14.7 Å². The van der Waals surface area contributed by atoms with Crippen molar-refractivity contribution >= 4 is 22.6 Å². The number of likely N-dealkylation sites (tertiary alicyclic amines) is 1. The minimum atomic E-state index is -1.36. The number of pyridine rings is 1. The molecule has 0 amide bonds. The number of benzene rings is 2. The normalized spacial score (nSPS) is 15.7. The topological polar surface area (TPSA) is 65.9 Å². The lowest BCUT2D eigenvalue weighted by Gasteiger charge is -2.41. The second-order valence-corrected chi connectivity index (χ2v) is 10.7. The highest BCUT2D eigenvalue weighted by Crippen LogP contribution is 2.44. The molecule has 0 bridgehead atoms. The van der Waals surface area contributed by atoms with Crippen LogP contribution in [0.5, 0.6) is 5.75 Å². The molecular formula is C31H33F4N3O3. The first kappa shape index (κ1) is 30.1. The Balaban J connectivity index is 1.48. The van der Waals surface area contributed by atoms with E-state index in [2.05, 4.69) is 16.8 Å². The van der Waals surface area contributed by atoms with Crippen molar-refractivity contribution in [1.82, 2.24) is 9.88 Å². The summed E-state index contributed by atoms with van der Waals surface area (Å²) >= 11 is 0. The lowest BCUT2D eigenvalue weighted by Crippen LogP contribution is -2.41. The second kappa shape index (κ2) is 12.8. The number of carboxylic acids is 1. The van der Waals surface area contributed by atoms with E-state index in [1.807, 2.05) is 23.9 Å². The summed E-state index contributed by atoms with van der Waals surface area (Å²) in [6.45, 7) is 1.25. The standard InChI is InChI=1S/C31H33F4N3O3/c1-37(2)27-19-36-26-7-6-22(41-3)17-23(26)29(27)24(33)8-9-31(18-28(39)40)10-13-38(14-11-31)12-4-5-20-15-21(32)16-25(34)30(20)35/h6-7,15-17,19,24H,8-14,18H2,1-3H3,(H,39,40). The van der Waals surface area contributed by atoms with Crippen LogP contribution in [0.2, 0.25) is 0 Å². The van der Waals surface area contributed by atoms with Crippen LogP contribution < -0.4 is 9.64 Å². The molecule has 1 unspecified atom stereocenters. The van der Waals surface area contributed by atoms with Crippen LogP contribution in [0.4, 0.5) is 23.2 Å². The van der Waals surface area contributed by atoms with Gasteiger partial charge in [0.1, 0.15) is 17.7 Å². The first-order chi connectivity index (χ1) is 19.5. The maximum Gasteiger partial charge on any atom is 0.303 e. The molecule has 1 aromatic heterocycles. The van der Waals surface area contributed by atoms with Gasteiger partial charge in [0, 0.05) is 31.1 Å². The number of carboxylic acid groups (broad SMARTS) is 1. The van der Waals surface area contributed by atoms with Gasteiger partial charge in [-0.15, -0.1) is 0 Å². The molecule has 0 spiro atoms. The average Bonchev–Trinajstić information content (AvgIpc) is 2.94. The van der Waals surface area contributed by atoms with Gasteiger partial charge < -0.3 is 14.7 Å². The van der Waals surface area contributed by atoms with Gasteiger partial charge in [-0.2, -0.15) is 0 Å². The first-order valence-corrected chi connectivity index (χ1v) is 13.4. The number of nitrogens with zero attached hydrogens (tertiary/aromatic N) is 3. The highest BCUT2D eigenvalue weighted by Gasteiger charge is 2.37. The predicted octanol–water partition coefficient (Wildman–Crippen LogP) is 6.13. The van der Waals surface area contributed by atoms with E-state index in [4.69, 9.17) is 4.74 Å². The van der Waals surface area contributed by atoms with Crippen LogP contribution in [0.1, 0.15) is 49.4 Å². The van der Waals surface area contributed by atoms with Crippen LogP contribution in [0, 0.1) is 34.7 Å². The van der Waals surface area contributed by atoms with E-state index < -0.39 is 35.0 Å². The van der Waals surface area contributed by atoms with Gasteiger partial charge >= 0.3 is 5.97 Å². The first-order valence-electron chi connectivity index (χ1n) is 13.4. The molecule has 1 N–H and O–H groups in total. The number of fused-ring (bicyclic) bond motifs is 1. The molecule has 41 heavy (non-hydrogen) atoms. The summed E-state index contributed by atoms with van der Waals surface area (Å²) in [5.41, 5.74) is 0.833. The SMILES string of the molecule is COc1ccc2ncc(N(C)C)c(C(F)CCC3(CC(=O)O)CCN(CC#Cc4cc(F)cc(F)c4F)CC3)c2c1. The van der Waals surface area contributed by atoms with Crippen molar-refractivity contribution in [2.45, 2.75) is 38.3 Å². The van der Waals surface area contributed by atoms with E-state index >= 15 is 4.39 Å². The number of piperidine rings is 1. The van der Waals surface area contributed by atoms with E-state index in [1.165, 1.54) is 0 Å². The number of aliphatic carboxylic acids is 1. The van der Waals surface area contributed by atoms with Crippen molar-refractivity contribution in [3.63, 3.8) is 0 Å². The highest BCUT2D eigenvalue weighted by molar-refractivity contribution is 5.88. The molecule has 0 aliphatic carbocycles. The number of carbonyl (C=O) groups is 1. The monoisotopic (exact) mass is 571 g/mol. The molecule has 2 aromatic carbocycles. The number of aromatic nitrogens is 1. The number of methoxy groups -OCH3 is 1. The van der Waals surface area contributed by atoms with Crippen molar-refractivity contribution in [3.05, 3.63) is 65.1 Å². The van der Waals surface area contributed by atoms with Crippen LogP contribution >= 0.6 is 0 Å². The number of anilines is 1. The van der Waals surface area contributed by atoms with E-state index in [1.54, 1.807) is 31.5 Å². The van der Waals surface area contributed by atoms with Gasteiger partial charge in [-0.05, 0) is 68.5 Å². The molecule has 6 nitrogen and oxygen atoms in total. The van der Waals surface area contributed by atoms with Gasteiger partial charge in [-0.1, -0.05) is 11.8 Å². The molecule has 1 atom stereocenters. The summed E-state index contributed by atoms with van der Waals surface area (Å²) in [6, 6.07) is 6.64. The Bertz CT molecular complexity index is 1480. The fourth-order valence-corrected chi connectivity index (χ4v) is 5.49. The molecule has 1 aliphatic rings. The Kier molecular flexibility index (Phi) is 9.38. The number of halogens is 4. The van der Waals surface area contributed by atoms with Crippen LogP contribution in [0.15, 0.2) is 36.5 Å². The molecule has 1 saturated heterocycles. The lowest BCUT2D eigenvalue weighted by atomic mass is 9.71. The van der Waals surface area contributed by atoms with Gasteiger partial charge in [0.25, 0.3) is 0 Å². The minimum absolute atomic E-state index is 0.0848. The van der Waals surface area contributed by atoms with Crippen LogP contribution in [0.25, 0.3) is 10.9 Å². The lowest BCUT2D eigenvalue weighted by molar-refractivity contribution is -0.141. The smallest absolute Gasteiger partial charge is 0.303 e. The molecule has 0 radical (unpaired) electrons. The number of hydrogen-bond acceptors (Lipinski definition) is 5.